The molecule has 0 spiro atoms. The van der Waals surface area contributed by atoms with Gasteiger partial charge in [0.2, 0.25) is 0 Å². The van der Waals surface area contributed by atoms with Crippen LogP contribution >= 0.6 is 0 Å². The first-order valence-corrected chi connectivity index (χ1v) is 8.20. The predicted molar refractivity (Wildman–Crippen MR) is 87.7 cm³/mol. The summed E-state index contributed by atoms with van der Waals surface area (Å²) in [5.74, 6) is 1.69. The van der Waals surface area contributed by atoms with Gasteiger partial charge in [0.15, 0.2) is 0 Å². The van der Waals surface area contributed by atoms with E-state index in [-0.39, 0.29) is 6.10 Å². The molecule has 0 bridgehead atoms. The fraction of sp³-hybridized carbons (Fsp3) is 0.389. The van der Waals surface area contributed by atoms with Gasteiger partial charge in [0.05, 0.1) is 11.8 Å². The van der Waals surface area contributed by atoms with Crippen LogP contribution in [0.3, 0.4) is 0 Å². The van der Waals surface area contributed by atoms with Gasteiger partial charge in [-0.05, 0) is 42.9 Å². The summed E-state index contributed by atoms with van der Waals surface area (Å²) >= 11 is 0. The van der Waals surface area contributed by atoms with Crippen molar-refractivity contribution in [2.24, 2.45) is 11.8 Å². The van der Waals surface area contributed by atoms with E-state index in [0.717, 1.165) is 29.8 Å². The summed E-state index contributed by atoms with van der Waals surface area (Å²) in [6, 6.07) is 9.81. The Morgan fingerprint density at radius 3 is 2.67 bits per heavy atom. The molecule has 124 valence electrons. The SMILES string of the molecule is O=C(O)N1C[C@H]2CC(Oc3cccc(-c4ccncn4)c3)C[C@H]2C1. The predicted octanol–water partition coefficient (Wildman–Crippen LogP) is 2.91. The molecule has 2 aromatic rings. The quantitative estimate of drug-likeness (QED) is 0.939. The molecule has 24 heavy (non-hydrogen) atoms. The van der Waals surface area contributed by atoms with Crippen molar-refractivity contribution in [3.8, 4) is 17.0 Å². The normalized spacial score (nSPS) is 25.5. The fourth-order valence-electron chi connectivity index (χ4n) is 3.88. The molecule has 1 aliphatic heterocycles. The van der Waals surface area contributed by atoms with E-state index in [2.05, 4.69) is 9.97 Å². The molecule has 1 unspecified atom stereocenters. The Kier molecular flexibility index (Phi) is 3.80. The molecule has 2 heterocycles. The number of fused-ring (bicyclic) bond motifs is 1. The summed E-state index contributed by atoms with van der Waals surface area (Å²) in [5.41, 5.74) is 1.88. The van der Waals surface area contributed by atoms with Crippen LogP contribution in [0.25, 0.3) is 11.3 Å². The zero-order chi connectivity index (χ0) is 16.5. The van der Waals surface area contributed by atoms with Gasteiger partial charge < -0.3 is 14.7 Å². The van der Waals surface area contributed by atoms with Crippen molar-refractivity contribution >= 4 is 6.09 Å². The van der Waals surface area contributed by atoms with Crippen molar-refractivity contribution in [2.75, 3.05) is 13.1 Å². The Morgan fingerprint density at radius 1 is 1.21 bits per heavy atom. The summed E-state index contributed by atoms with van der Waals surface area (Å²) in [6.45, 7) is 1.28. The molecule has 1 saturated heterocycles. The molecular formula is C18H19N3O3. The number of carbonyl (C=O) groups is 1. The van der Waals surface area contributed by atoms with Gasteiger partial charge in [-0.3, -0.25) is 0 Å². The third-order valence-electron chi connectivity index (χ3n) is 4.99. The first kappa shape index (κ1) is 14.9. The highest BCUT2D eigenvalue weighted by molar-refractivity contribution is 5.65. The van der Waals surface area contributed by atoms with Gasteiger partial charge in [-0.15, -0.1) is 0 Å². The maximum Gasteiger partial charge on any atom is 0.407 e. The highest BCUT2D eigenvalue weighted by atomic mass is 16.5. The second kappa shape index (κ2) is 6.11. The first-order valence-electron chi connectivity index (χ1n) is 8.20. The van der Waals surface area contributed by atoms with Crippen LogP contribution in [0.4, 0.5) is 4.79 Å². The van der Waals surface area contributed by atoms with Gasteiger partial charge in [0.25, 0.3) is 0 Å². The number of carboxylic acid groups (broad SMARTS) is 1. The molecule has 2 aliphatic rings. The minimum Gasteiger partial charge on any atom is -0.490 e. The molecule has 1 aromatic heterocycles. The summed E-state index contributed by atoms with van der Waals surface area (Å²) in [4.78, 5) is 20.8. The van der Waals surface area contributed by atoms with Gasteiger partial charge >= 0.3 is 6.09 Å². The van der Waals surface area contributed by atoms with E-state index >= 15 is 0 Å². The Bertz CT molecular complexity index is 723. The van der Waals surface area contributed by atoms with Crippen LogP contribution in [0.2, 0.25) is 0 Å². The number of hydrogen-bond donors (Lipinski definition) is 1. The number of aromatic nitrogens is 2. The Labute approximate surface area is 140 Å². The lowest BCUT2D eigenvalue weighted by Gasteiger charge is -2.18. The minimum atomic E-state index is -0.806. The maximum atomic E-state index is 11.1. The third-order valence-corrected chi connectivity index (χ3v) is 4.99. The van der Waals surface area contributed by atoms with Crippen molar-refractivity contribution in [2.45, 2.75) is 18.9 Å². The van der Waals surface area contributed by atoms with Crippen LogP contribution in [0.5, 0.6) is 5.75 Å². The van der Waals surface area contributed by atoms with Gasteiger partial charge in [-0.25, -0.2) is 14.8 Å². The largest absolute Gasteiger partial charge is 0.490 e. The highest BCUT2D eigenvalue weighted by Gasteiger charge is 2.43. The lowest BCUT2D eigenvalue weighted by molar-refractivity contribution is 0.144. The smallest absolute Gasteiger partial charge is 0.407 e. The number of amides is 1. The van der Waals surface area contributed by atoms with Crippen LogP contribution in [0, 0.1) is 11.8 Å². The summed E-state index contributed by atoms with van der Waals surface area (Å²) in [7, 11) is 0. The van der Waals surface area contributed by atoms with Crippen LogP contribution < -0.4 is 4.74 Å². The van der Waals surface area contributed by atoms with Crippen molar-refractivity contribution < 1.29 is 14.6 Å². The number of hydrogen-bond acceptors (Lipinski definition) is 4. The fourth-order valence-corrected chi connectivity index (χ4v) is 3.88. The maximum absolute atomic E-state index is 11.1. The highest BCUT2D eigenvalue weighted by Crippen LogP contribution is 2.40. The Hall–Kier alpha value is -2.63. The number of benzene rings is 1. The Balaban J connectivity index is 1.42. The molecule has 1 aliphatic carbocycles. The van der Waals surface area contributed by atoms with Crippen LogP contribution in [0.15, 0.2) is 42.9 Å². The number of ether oxygens (including phenoxy) is 1. The third kappa shape index (κ3) is 2.91. The summed E-state index contributed by atoms with van der Waals surface area (Å²) in [5, 5.41) is 9.09. The molecule has 1 aromatic carbocycles. The van der Waals surface area contributed by atoms with E-state index in [9.17, 15) is 4.79 Å². The molecule has 2 fully saturated rings. The summed E-state index contributed by atoms with van der Waals surface area (Å²) < 4.78 is 6.16. The van der Waals surface area contributed by atoms with E-state index in [1.165, 1.54) is 11.2 Å². The zero-order valence-electron chi connectivity index (χ0n) is 13.2. The topological polar surface area (TPSA) is 75.5 Å². The van der Waals surface area contributed by atoms with E-state index in [1.54, 1.807) is 6.20 Å². The van der Waals surface area contributed by atoms with Gasteiger partial charge in [-0.2, -0.15) is 0 Å². The van der Waals surface area contributed by atoms with Crippen LogP contribution in [-0.4, -0.2) is 45.3 Å². The van der Waals surface area contributed by atoms with Crippen molar-refractivity contribution in [1.82, 2.24) is 14.9 Å². The zero-order valence-corrected chi connectivity index (χ0v) is 13.2. The van der Waals surface area contributed by atoms with Gasteiger partial charge in [0.1, 0.15) is 12.1 Å². The average molecular weight is 325 g/mol. The van der Waals surface area contributed by atoms with Crippen LogP contribution in [0.1, 0.15) is 12.8 Å². The molecule has 1 amide bonds. The van der Waals surface area contributed by atoms with Gasteiger partial charge in [0, 0.05) is 24.8 Å². The number of likely N-dealkylation sites (tertiary alicyclic amines) is 1. The van der Waals surface area contributed by atoms with E-state index in [0.29, 0.717) is 24.9 Å². The Morgan fingerprint density at radius 2 is 2.00 bits per heavy atom. The van der Waals surface area contributed by atoms with E-state index in [4.69, 9.17) is 9.84 Å². The van der Waals surface area contributed by atoms with Crippen LogP contribution in [-0.2, 0) is 0 Å². The van der Waals surface area contributed by atoms with E-state index < -0.39 is 6.09 Å². The standard InChI is InChI=1S/C18H19N3O3/c22-18(23)21-9-13-7-16(8-14(13)10-21)24-15-3-1-2-12(6-15)17-4-5-19-11-20-17/h1-6,11,13-14,16H,7-10H2,(H,22,23)/t13-,14+,16?. The molecule has 1 saturated carbocycles. The molecule has 1 N–H and O–H groups in total. The number of rotatable bonds is 3. The molecule has 6 heteroatoms. The average Bonchev–Trinajstić information content (AvgIpc) is 3.14. The first-order chi connectivity index (χ1) is 11.7. The second-order valence-electron chi connectivity index (χ2n) is 6.54. The molecular weight excluding hydrogens is 306 g/mol. The molecule has 4 rings (SSSR count). The lowest BCUT2D eigenvalue weighted by Crippen LogP contribution is -2.29. The minimum absolute atomic E-state index is 0.164. The summed E-state index contributed by atoms with van der Waals surface area (Å²) in [6.07, 6.45) is 4.46. The second-order valence-corrected chi connectivity index (χ2v) is 6.54. The molecule has 6 nitrogen and oxygen atoms in total. The monoisotopic (exact) mass is 325 g/mol. The van der Waals surface area contributed by atoms with Crippen molar-refractivity contribution in [3.63, 3.8) is 0 Å². The molecule has 3 atom stereocenters. The number of nitrogens with zero attached hydrogens (tertiary/aromatic N) is 3. The van der Waals surface area contributed by atoms with Gasteiger partial charge in [-0.1, -0.05) is 12.1 Å². The molecule has 0 radical (unpaired) electrons. The van der Waals surface area contributed by atoms with Crippen molar-refractivity contribution in [3.05, 3.63) is 42.9 Å². The lowest BCUT2D eigenvalue weighted by atomic mass is 10.0. The van der Waals surface area contributed by atoms with E-state index in [1.807, 2.05) is 30.3 Å². The van der Waals surface area contributed by atoms with Crippen molar-refractivity contribution in [1.29, 1.82) is 0 Å².